The zero-order valence-corrected chi connectivity index (χ0v) is 14.9. The third kappa shape index (κ3) is 3.73. The maximum atomic E-state index is 13.2. The van der Waals surface area contributed by atoms with Crippen LogP contribution in [0, 0.1) is 0 Å². The fraction of sp³-hybridized carbons (Fsp3) is 0.632. The molecule has 2 aliphatic carbocycles. The number of halogens is 1. The summed E-state index contributed by atoms with van der Waals surface area (Å²) in [4.78, 5) is 15.5. The summed E-state index contributed by atoms with van der Waals surface area (Å²) in [6.45, 7) is 0. The van der Waals surface area contributed by atoms with Gasteiger partial charge in [0.05, 0.1) is 0 Å². The molecule has 2 fully saturated rings. The zero-order valence-electron chi connectivity index (χ0n) is 13.3. The predicted octanol–water partition coefficient (Wildman–Crippen LogP) is 5.56. The minimum Gasteiger partial charge on any atom is -0.333 e. The Kier molecular flexibility index (Phi) is 5.56. The van der Waals surface area contributed by atoms with Crippen molar-refractivity contribution in [2.24, 2.45) is 0 Å². The topological polar surface area (TPSA) is 20.3 Å². The highest BCUT2D eigenvalue weighted by Gasteiger charge is 2.32. The van der Waals surface area contributed by atoms with Crippen molar-refractivity contribution in [3.63, 3.8) is 0 Å². The molecule has 0 unspecified atom stereocenters. The van der Waals surface area contributed by atoms with Crippen molar-refractivity contribution in [1.29, 1.82) is 0 Å². The van der Waals surface area contributed by atoms with Crippen LogP contribution in [0.15, 0.2) is 28.7 Å². The van der Waals surface area contributed by atoms with Crippen molar-refractivity contribution in [1.82, 2.24) is 4.90 Å². The standard InChI is InChI=1S/C19H26BrNO/c20-16-9-7-8-15(14-16)19(22)21(17-10-3-1-4-11-17)18-12-5-2-6-13-18/h7-9,14,17-18H,1-6,10-13H2. The quantitative estimate of drug-likeness (QED) is 0.688. The Morgan fingerprint density at radius 3 is 1.95 bits per heavy atom. The molecule has 2 nitrogen and oxygen atoms in total. The Morgan fingerprint density at radius 2 is 1.45 bits per heavy atom. The predicted molar refractivity (Wildman–Crippen MR) is 94.1 cm³/mol. The summed E-state index contributed by atoms with van der Waals surface area (Å²) in [6.07, 6.45) is 12.5. The molecule has 1 amide bonds. The molecule has 2 saturated carbocycles. The number of amides is 1. The van der Waals surface area contributed by atoms with Gasteiger partial charge in [-0.1, -0.05) is 60.5 Å². The molecule has 1 aromatic carbocycles. The van der Waals surface area contributed by atoms with Gasteiger partial charge in [-0.25, -0.2) is 0 Å². The van der Waals surface area contributed by atoms with E-state index in [-0.39, 0.29) is 5.91 Å². The Balaban J connectivity index is 1.84. The minimum absolute atomic E-state index is 0.250. The van der Waals surface area contributed by atoms with Crippen LogP contribution >= 0.6 is 15.9 Å². The van der Waals surface area contributed by atoms with Crippen LogP contribution in [0.1, 0.15) is 74.6 Å². The number of hydrogen-bond donors (Lipinski definition) is 0. The maximum absolute atomic E-state index is 13.2. The average Bonchev–Trinajstić information content (AvgIpc) is 2.57. The van der Waals surface area contributed by atoms with Gasteiger partial charge in [0.15, 0.2) is 0 Å². The summed E-state index contributed by atoms with van der Waals surface area (Å²) in [5.74, 6) is 0.250. The normalized spacial score (nSPS) is 20.8. The van der Waals surface area contributed by atoms with Crippen LogP contribution in [0.3, 0.4) is 0 Å². The van der Waals surface area contributed by atoms with Crippen molar-refractivity contribution < 1.29 is 4.79 Å². The van der Waals surface area contributed by atoms with Crippen LogP contribution in [0.2, 0.25) is 0 Å². The van der Waals surface area contributed by atoms with Gasteiger partial charge in [0.25, 0.3) is 5.91 Å². The number of carbonyl (C=O) groups excluding carboxylic acids is 1. The molecule has 0 saturated heterocycles. The lowest BCUT2D eigenvalue weighted by molar-refractivity contribution is 0.0448. The first-order chi connectivity index (χ1) is 10.8. The van der Waals surface area contributed by atoms with Crippen molar-refractivity contribution in [2.75, 3.05) is 0 Å². The van der Waals surface area contributed by atoms with Crippen molar-refractivity contribution in [2.45, 2.75) is 76.3 Å². The third-order valence-electron chi connectivity index (χ3n) is 5.24. The average molecular weight is 364 g/mol. The highest BCUT2D eigenvalue weighted by atomic mass is 79.9. The van der Waals surface area contributed by atoms with E-state index in [1.54, 1.807) is 0 Å². The van der Waals surface area contributed by atoms with Gasteiger partial charge in [0.2, 0.25) is 0 Å². The van der Waals surface area contributed by atoms with Gasteiger partial charge in [0, 0.05) is 22.1 Å². The summed E-state index contributed by atoms with van der Waals surface area (Å²) in [5.41, 5.74) is 0.838. The molecule has 120 valence electrons. The second kappa shape index (κ2) is 7.63. The molecule has 2 aliphatic rings. The van der Waals surface area contributed by atoms with E-state index in [2.05, 4.69) is 20.8 Å². The van der Waals surface area contributed by atoms with E-state index in [0.29, 0.717) is 12.1 Å². The molecule has 0 bridgehead atoms. The first-order valence-corrected chi connectivity index (χ1v) is 9.63. The summed E-state index contributed by atoms with van der Waals surface area (Å²) in [5, 5.41) is 0. The van der Waals surface area contributed by atoms with E-state index in [1.165, 1.54) is 64.2 Å². The molecular weight excluding hydrogens is 338 g/mol. The monoisotopic (exact) mass is 363 g/mol. The summed E-state index contributed by atoms with van der Waals surface area (Å²) in [7, 11) is 0. The molecule has 0 spiro atoms. The fourth-order valence-electron chi connectivity index (χ4n) is 4.12. The molecule has 3 heteroatoms. The Morgan fingerprint density at radius 1 is 0.909 bits per heavy atom. The molecule has 0 atom stereocenters. The van der Waals surface area contributed by atoms with Gasteiger partial charge in [0.1, 0.15) is 0 Å². The molecule has 0 aliphatic heterocycles. The van der Waals surface area contributed by atoms with Crippen LogP contribution in [0.25, 0.3) is 0 Å². The Bertz CT molecular complexity index is 486. The highest BCUT2D eigenvalue weighted by Crippen LogP contribution is 2.31. The number of hydrogen-bond acceptors (Lipinski definition) is 1. The molecule has 22 heavy (non-hydrogen) atoms. The lowest BCUT2D eigenvalue weighted by Gasteiger charge is -2.42. The highest BCUT2D eigenvalue weighted by molar-refractivity contribution is 9.10. The third-order valence-corrected chi connectivity index (χ3v) is 5.74. The Labute approximate surface area is 142 Å². The van der Waals surface area contributed by atoms with E-state index in [0.717, 1.165) is 10.0 Å². The number of benzene rings is 1. The summed E-state index contributed by atoms with van der Waals surface area (Å²) < 4.78 is 0.991. The molecule has 3 rings (SSSR count). The lowest BCUT2D eigenvalue weighted by atomic mass is 9.88. The second-order valence-electron chi connectivity index (χ2n) is 6.81. The molecule has 0 N–H and O–H groups in total. The van der Waals surface area contributed by atoms with E-state index >= 15 is 0 Å². The van der Waals surface area contributed by atoms with E-state index < -0.39 is 0 Å². The van der Waals surface area contributed by atoms with Crippen LogP contribution in [0.5, 0.6) is 0 Å². The van der Waals surface area contributed by atoms with E-state index in [1.807, 2.05) is 24.3 Å². The van der Waals surface area contributed by atoms with Crippen molar-refractivity contribution in [3.05, 3.63) is 34.3 Å². The summed E-state index contributed by atoms with van der Waals surface area (Å²) >= 11 is 3.50. The maximum Gasteiger partial charge on any atom is 0.254 e. The Hall–Kier alpha value is -0.830. The molecular formula is C19H26BrNO. The van der Waals surface area contributed by atoms with Gasteiger partial charge in [-0.05, 0) is 43.9 Å². The number of nitrogens with zero attached hydrogens (tertiary/aromatic N) is 1. The number of rotatable bonds is 3. The van der Waals surface area contributed by atoms with Gasteiger partial charge in [-0.3, -0.25) is 4.79 Å². The first kappa shape index (κ1) is 16.0. The molecule has 0 heterocycles. The summed E-state index contributed by atoms with van der Waals surface area (Å²) in [6, 6.07) is 8.82. The van der Waals surface area contributed by atoms with Gasteiger partial charge in [-0.2, -0.15) is 0 Å². The van der Waals surface area contributed by atoms with Crippen molar-refractivity contribution in [3.8, 4) is 0 Å². The number of carbonyl (C=O) groups is 1. The van der Waals surface area contributed by atoms with E-state index in [9.17, 15) is 4.79 Å². The van der Waals surface area contributed by atoms with Crippen LogP contribution in [0.4, 0.5) is 0 Å². The van der Waals surface area contributed by atoms with Crippen LogP contribution in [-0.2, 0) is 0 Å². The van der Waals surface area contributed by atoms with E-state index in [4.69, 9.17) is 0 Å². The van der Waals surface area contributed by atoms with Crippen molar-refractivity contribution >= 4 is 21.8 Å². The minimum atomic E-state index is 0.250. The second-order valence-corrected chi connectivity index (χ2v) is 7.72. The molecule has 1 aromatic rings. The first-order valence-electron chi connectivity index (χ1n) is 8.84. The largest absolute Gasteiger partial charge is 0.333 e. The van der Waals surface area contributed by atoms with Gasteiger partial charge in [-0.15, -0.1) is 0 Å². The smallest absolute Gasteiger partial charge is 0.254 e. The lowest BCUT2D eigenvalue weighted by Crippen LogP contribution is -2.48. The molecule has 0 radical (unpaired) electrons. The van der Waals surface area contributed by atoms with Crippen LogP contribution < -0.4 is 0 Å². The SMILES string of the molecule is O=C(c1cccc(Br)c1)N(C1CCCCC1)C1CCCCC1. The van der Waals surface area contributed by atoms with Gasteiger partial charge >= 0.3 is 0 Å². The molecule has 0 aromatic heterocycles. The van der Waals surface area contributed by atoms with Gasteiger partial charge < -0.3 is 4.90 Å². The van der Waals surface area contributed by atoms with Crippen LogP contribution in [-0.4, -0.2) is 22.9 Å². The zero-order chi connectivity index (χ0) is 15.4. The fourth-order valence-corrected chi connectivity index (χ4v) is 4.52.